The number of carbonyl (C=O) groups is 2. The molecule has 16 heavy (non-hydrogen) atoms. The Bertz CT molecular complexity index is 558. The number of hydrogen-bond donors (Lipinski definition) is 0. The van der Waals surface area contributed by atoms with Crippen LogP contribution in [-0.2, 0) is 4.79 Å². The fourth-order valence-electron chi connectivity index (χ4n) is 1.64. The molecule has 0 aliphatic rings. The maximum absolute atomic E-state index is 10.9. The van der Waals surface area contributed by atoms with Crippen LogP contribution in [0.15, 0.2) is 36.4 Å². The summed E-state index contributed by atoms with van der Waals surface area (Å²) in [5.74, 6) is 0.109. The molecule has 0 amide bonds. The van der Waals surface area contributed by atoms with E-state index in [-0.39, 0.29) is 5.97 Å². The molecular weight excluding hydrogens is 204 g/mol. The van der Waals surface area contributed by atoms with Crippen LogP contribution in [0.1, 0.15) is 17.3 Å². The van der Waals surface area contributed by atoms with E-state index in [9.17, 15) is 9.59 Å². The van der Waals surface area contributed by atoms with Gasteiger partial charge in [-0.05, 0) is 17.5 Å². The van der Waals surface area contributed by atoms with E-state index in [0.717, 1.165) is 17.1 Å². The van der Waals surface area contributed by atoms with Crippen LogP contribution in [0.3, 0.4) is 0 Å². The number of fused-ring (bicyclic) bond motifs is 1. The molecule has 2 aromatic carbocycles. The zero-order valence-corrected chi connectivity index (χ0v) is 8.77. The number of ether oxygens (including phenoxy) is 1. The highest BCUT2D eigenvalue weighted by Crippen LogP contribution is 2.27. The van der Waals surface area contributed by atoms with E-state index in [1.165, 1.54) is 6.92 Å². The van der Waals surface area contributed by atoms with Crippen molar-refractivity contribution in [2.24, 2.45) is 0 Å². The van der Waals surface area contributed by atoms with E-state index >= 15 is 0 Å². The third kappa shape index (κ3) is 1.80. The first-order valence-corrected chi connectivity index (χ1v) is 4.87. The van der Waals surface area contributed by atoms with Crippen molar-refractivity contribution in [3.63, 3.8) is 0 Å². The molecule has 0 aliphatic carbocycles. The van der Waals surface area contributed by atoms with Gasteiger partial charge in [-0.2, -0.15) is 0 Å². The van der Waals surface area contributed by atoms with Crippen molar-refractivity contribution in [3.05, 3.63) is 42.0 Å². The normalized spacial score (nSPS) is 10.1. The van der Waals surface area contributed by atoms with E-state index in [1.54, 1.807) is 12.1 Å². The quantitative estimate of drug-likeness (QED) is 0.438. The first-order valence-electron chi connectivity index (χ1n) is 4.87. The van der Waals surface area contributed by atoms with E-state index in [1.807, 2.05) is 24.3 Å². The first-order chi connectivity index (χ1) is 7.72. The second-order valence-electron chi connectivity index (χ2n) is 3.41. The molecule has 3 heteroatoms. The van der Waals surface area contributed by atoms with Crippen molar-refractivity contribution in [1.29, 1.82) is 0 Å². The van der Waals surface area contributed by atoms with Gasteiger partial charge in [0.15, 0.2) is 6.29 Å². The molecule has 2 rings (SSSR count). The predicted molar refractivity (Wildman–Crippen MR) is 60.6 cm³/mol. The third-order valence-electron chi connectivity index (χ3n) is 2.30. The molecule has 0 N–H and O–H groups in total. The van der Waals surface area contributed by atoms with Gasteiger partial charge in [0.05, 0.1) is 0 Å². The van der Waals surface area contributed by atoms with Crippen LogP contribution in [0.5, 0.6) is 5.75 Å². The molecule has 0 bridgehead atoms. The molecule has 2 aromatic rings. The van der Waals surface area contributed by atoms with Crippen LogP contribution in [0.4, 0.5) is 0 Å². The number of carbonyl (C=O) groups excluding carboxylic acids is 2. The molecule has 0 radical (unpaired) electrons. The van der Waals surface area contributed by atoms with Crippen LogP contribution in [0.2, 0.25) is 0 Å². The van der Waals surface area contributed by atoms with Crippen molar-refractivity contribution in [2.75, 3.05) is 0 Å². The Hall–Kier alpha value is -2.16. The molecule has 0 atom stereocenters. The van der Waals surface area contributed by atoms with Gasteiger partial charge < -0.3 is 4.74 Å². The Morgan fingerprint density at radius 3 is 2.44 bits per heavy atom. The minimum atomic E-state index is -0.371. The van der Waals surface area contributed by atoms with Crippen LogP contribution in [0.25, 0.3) is 10.8 Å². The number of aldehydes is 1. The predicted octanol–water partition coefficient (Wildman–Crippen LogP) is 2.58. The average molecular weight is 214 g/mol. The Kier molecular flexibility index (Phi) is 2.68. The lowest BCUT2D eigenvalue weighted by atomic mass is 10.0. The Balaban J connectivity index is 2.69. The largest absolute Gasteiger partial charge is 0.426 e. The van der Waals surface area contributed by atoms with Gasteiger partial charge in [-0.25, -0.2) is 0 Å². The summed E-state index contributed by atoms with van der Waals surface area (Å²) in [6, 6.07) is 10.6. The fourth-order valence-corrected chi connectivity index (χ4v) is 1.64. The number of rotatable bonds is 2. The van der Waals surface area contributed by atoms with Gasteiger partial charge >= 0.3 is 5.97 Å². The van der Waals surface area contributed by atoms with Gasteiger partial charge in [0.2, 0.25) is 0 Å². The number of benzene rings is 2. The van der Waals surface area contributed by atoms with Crippen molar-refractivity contribution in [1.82, 2.24) is 0 Å². The molecule has 0 saturated heterocycles. The topological polar surface area (TPSA) is 43.4 Å². The van der Waals surface area contributed by atoms with Crippen LogP contribution >= 0.6 is 0 Å². The lowest BCUT2D eigenvalue weighted by Crippen LogP contribution is -2.02. The summed E-state index contributed by atoms with van der Waals surface area (Å²) < 4.78 is 5.07. The minimum absolute atomic E-state index is 0.371. The summed E-state index contributed by atoms with van der Waals surface area (Å²) >= 11 is 0. The zero-order chi connectivity index (χ0) is 11.5. The smallest absolute Gasteiger partial charge is 0.308 e. The van der Waals surface area contributed by atoms with Gasteiger partial charge in [-0.15, -0.1) is 0 Å². The Morgan fingerprint density at radius 1 is 1.12 bits per heavy atom. The summed E-state index contributed by atoms with van der Waals surface area (Å²) in [7, 11) is 0. The van der Waals surface area contributed by atoms with Crippen molar-refractivity contribution in [2.45, 2.75) is 6.92 Å². The summed E-state index contributed by atoms with van der Waals surface area (Å²) in [5.41, 5.74) is 0.589. The molecule has 0 heterocycles. The van der Waals surface area contributed by atoms with Crippen molar-refractivity contribution < 1.29 is 14.3 Å². The van der Waals surface area contributed by atoms with Gasteiger partial charge in [0, 0.05) is 17.9 Å². The van der Waals surface area contributed by atoms with Crippen LogP contribution in [0, 0.1) is 0 Å². The Labute approximate surface area is 92.6 Å². The molecule has 0 aliphatic heterocycles. The van der Waals surface area contributed by atoms with E-state index in [2.05, 4.69) is 0 Å². The molecule has 0 aromatic heterocycles. The molecule has 0 unspecified atom stereocenters. The summed E-state index contributed by atoms with van der Waals surface area (Å²) in [4.78, 5) is 21.8. The number of esters is 1. The standard InChI is InChI=1S/C13H10O3/c1-9(15)16-13-7-6-10(8-14)11-4-2-3-5-12(11)13/h2-8H,1H3. The van der Waals surface area contributed by atoms with Gasteiger partial charge in [0.25, 0.3) is 0 Å². The van der Waals surface area contributed by atoms with Crippen molar-refractivity contribution >= 4 is 23.0 Å². The lowest BCUT2D eigenvalue weighted by molar-refractivity contribution is -0.131. The highest BCUT2D eigenvalue weighted by atomic mass is 16.5. The van der Waals surface area contributed by atoms with Crippen molar-refractivity contribution in [3.8, 4) is 5.75 Å². The Morgan fingerprint density at radius 2 is 1.81 bits per heavy atom. The molecule has 0 fully saturated rings. The molecular formula is C13H10O3. The highest BCUT2D eigenvalue weighted by molar-refractivity contribution is 6.01. The van der Waals surface area contributed by atoms with Crippen LogP contribution < -0.4 is 4.74 Å². The first kappa shape index (κ1) is 10.4. The van der Waals surface area contributed by atoms with Gasteiger partial charge in [0.1, 0.15) is 5.75 Å². The van der Waals surface area contributed by atoms with Gasteiger partial charge in [-0.1, -0.05) is 24.3 Å². The zero-order valence-electron chi connectivity index (χ0n) is 8.77. The summed E-state index contributed by atoms with van der Waals surface area (Å²) in [5, 5.41) is 1.55. The number of hydrogen-bond acceptors (Lipinski definition) is 3. The maximum atomic E-state index is 10.9. The van der Waals surface area contributed by atoms with E-state index in [4.69, 9.17) is 4.74 Å². The van der Waals surface area contributed by atoms with E-state index in [0.29, 0.717) is 11.3 Å². The third-order valence-corrected chi connectivity index (χ3v) is 2.30. The monoisotopic (exact) mass is 214 g/mol. The summed E-state index contributed by atoms with van der Waals surface area (Å²) in [6.07, 6.45) is 0.792. The van der Waals surface area contributed by atoms with Crippen LogP contribution in [-0.4, -0.2) is 12.3 Å². The second-order valence-corrected chi connectivity index (χ2v) is 3.41. The molecule has 3 nitrogen and oxygen atoms in total. The van der Waals surface area contributed by atoms with Gasteiger partial charge in [-0.3, -0.25) is 9.59 Å². The minimum Gasteiger partial charge on any atom is -0.426 e. The summed E-state index contributed by atoms with van der Waals surface area (Å²) in [6.45, 7) is 1.35. The SMILES string of the molecule is CC(=O)Oc1ccc(C=O)c2ccccc12. The average Bonchev–Trinajstić information content (AvgIpc) is 2.29. The lowest BCUT2D eigenvalue weighted by Gasteiger charge is -2.07. The molecule has 80 valence electrons. The second kappa shape index (κ2) is 4.14. The molecule has 0 saturated carbocycles. The highest BCUT2D eigenvalue weighted by Gasteiger charge is 2.07. The molecule has 0 spiro atoms. The fraction of sp³-hybridized carbons (Fsp3) is 0.0769. The van der Waals surface area contributed by atoms with E-state index < -0.39 is 0 Å². The maximum Gasteiger partial charge on any atom is 0.308 e.